The van der Waals surface area contributed by atoms with Crippen LogP contribution in [0.25, 0.3) is 0 Å². The van der Waals surface area contributed by atoms with Crippen molar-refractivity contribution in [3.8, 4) is 0 Å². The van der Waals surface area contributed by atoms with Crippen LogP contribution in [0.15, 0.2) is 12.5 Å². The highest BCUT2D eigenvalue weighted by molar-refractivity contribution is 5.67. The van der Waals surface area contributed by atoms with E-state index in [-0.39, 0.29) is 6.09 Å². The maximum Gasteiger partial charge on any atom is 0.409 e. The first-order valence-electron chi connectivity index (χ1n) is 5.08. The van der Waals surface area contributed by atoms with Crippen molar-refractivity contribution in [2.75, 3.05) is 39.9 Å². The highest BCUT2D eigenvalue weighted by Gasteiger charge is 2.22. The molecule has 5 nitrogen and oxygen atoms in total. The number of ether oxygens (including phenoxy) is 2. The maximum absolute atomic E-state index is 11.4. The van der Waals surface area contributed by atoms with Crippen molar-refractivity contribution >= 4 is 6.09 Å². The fourth-order valence-electron chi connectivity index (χ4n) is 1.48. The summed E-state index contributed by atoms with van der Waals surface area (Å²) in [6.45, 7) is 8.79. The Kier molecular flexibility index (Phi) is 4.27. The van der Waals surface area contributed by atoms with E-state index >= 15 is 0 Å². The summed E-state index contributed by atoms with van der Waals surface area (Å²) in [5.41, 5.74) is 0. The predicted molar refractivity (Wildman–Crippen MR) is 56.3 cm³/mol. The molecule has 0 saturated carbocycles. The van der Waals surface area contributed by atoms with Crippen molar-refractivity contribution in [2.45, 2.75) is 6.92 Å². The lowest BCUT2D eigenvalue weighted by Gasteiger charge is -2.35. The minimum atomic E-state index is -0.236. The van der Waals surface area contributed by atoms with Crippen LogP contribution in [0.5, 0.6) is 0 Å². The highest BCUT2D eigenvalue weighted by Crippen LogP contribution is 2.09. The van der Waals surface area contributed by atoms with E-state index in [0.29, 0.717) is 25.6 Å². The minimum Gasteiger partial charge on any atom is -0.483 e. The average Bonchev–Trinajstić information content (AvgIpc) is 2.28. The van der Waals surface area contributed by atoms with Crippen LogP contribution >= 0.6 is 0 Å². The first-order valence-corrected chi connectivity index (χ1v) is 5.08. The highest BCUT2D eigenvalue weighted by atomic mass is 16.6. The number of piperazine rings is 1. The van der Waals surface area contributed by atoms with Gasteiger partial charge in [-0.2, -0.15) is 0 Å². The van der Waals surface area contributed by atoms with E-state index in [9.17, 15) is 4.79 Å². The van der Waals surface area contributed by atoms with E-state index in [1.54, 1.807) is 18.9 Å². The molecular weight excluding hydrogens is 196 g/mol. The molecule has 15 heavy (non-hydrogen) atoms. The molecule has 0 unspecified atom stereocenters. The van der Waals surface area contributed by atoms with Gasteiger partial charge in [0, 0.05) is 26.2 Å². The molecule has 0 aromatic rings. The molecule has 1 fully saturated rings. The van der Waals surface area contributed by atoms with Crippen molar-refractivity contribution in [3.05, 3.63) is 12.5 Å². The SMILES string of the molecule is C=C(OC)N1CCN(C(=O)OCC)CC1. The molecule has 0 bridgehead atoms. The van der Waals surface area contributed by atoms with Crippen molar-refractivity contribution in [3.63, 3.8) is 0 Å². The molecule has 0 aliphatic carbocycles. The van der Waals surface area contributed by atoms with Crippen LogP contribution in [0.4, 0.5) is 4.79 Å². The fourth-order valence-corrected chi connectivity index (χ4v) is 1.48. The smallest absolute Gasteiger partial charge is 0.409 e. The van der Waals surface area contributed by atoms with Crippen molar-refractivity contribution in [1.82, 2.24) is 9.80 Å². The Morgan fingerprint density at radius 1 is 1.27 bits per heavy atom. The normalized spacial score (nSPS) is 16.1. The summed E-state index contributed by atoms with van der Waals surface area (Å²) in [6, 6.07) is 0. The van der Waals surface area contributed by atoms with Crippen LogP contribution in [0, 0.1) is 0 Å². The van der Waals surface area contributed by atoms with E-state index in [0.717, 1.165) is 13.1 Å². The number of hydrogen-bond donors (Lipinski definition) is 0. The van der Waals surface area contributed by atoms with Crippen molar-refractivity contribution in [1.29, 1.82) is 0 Å². The van der Waals surface area contributed by atoms with Crippen LogP contribution in [0.1, 0.15) is 6.92 Å². The van der Waals surface area contributed by atoms with E-state index in [1.165, 1.54) is 0 Å². The first-order chi connectivity index (χ1) is 7.19. The van der Waals surface area contributed by atoms with Gasteiger partial charge in [0.25, 0.3) is 0 Å². The van der Waals surface area contributed by atoms with E-state index < -0.39 is 0 Å². The molecule has 1 aliphatic heterocycles. The number of carbonyl (C=O) groups is 1. The molecule has 0 aromatic heterocycles. The Bertz CT molecular complexity index is 235. The summed E-state index contributed by atoms with van der Waals surface area (Å²) in [7, 11) is 1.60. The number of nitrogens with zero attached hydrogens (tertiary/aromatic N) is 2. The van der Waals surface area contributed by atoms with Crippen LogP contribution < -0.4 is 0 Å². The summed E-state index contributed by atoms with van der Waals surface area (Å²) >= 11 is 0. The molecule has 0 atom stereocenters. The molecule has 1 heterocycles. The summed E-state index contributed by atoms with van der Waals surface area (Å²) in [4.78, 5) is 15.1. The van der Waals surface area contributed by atoms with E-state index in [2.05, 4.69) is 6.58 Å². The lowest BCUT2D eigenvalue weighted by atomic mass is 10.3. The molecule has 86 valence electrons. The van der Waals surface area contributed by atoms with Crippen LogP contribution in [0.2, 0.25) is 0 Å². The maximum atomic E-state index is 11.4. The molecule has 0 spiro atoms. The van der Waals surface area contributed by atoms with Gasteiger partial charge in [0.05, 0.1) is 13.7 Å². The minimum absolute atomic E-state index is 0.236. The van der Waals surface area contributed by atoms with Gasteiger partial charge < -0.3 is 19.3 Å². The Morgan fingerprint density at radius 3 is 2.27 bits per heavy atom. The monoisotopic (exact) mass is 214 g/mol. The van der Waals surface area contributed by atoms with Crippen LogP contribution in [0.3, 0.4) is 0 Å². The number of carbonyl (C=O) groups excluding carboxylic acids is 1. The summed E-state index contributed by atoms with van der Waals surface area (Å²) in [5.74, 6) is 0.651. The first kappa shape index (κ1) is 11.7. The topological polar surface area (TPSA) is 42.0 Å². The van der Waals surface area contributed by atoms with Gasteiger partial charge in [-0.05, 0) is 13.5 Å². The zero-order chi connectivity index (χ0) is 11.3. The second-order valence-electron chi connectivity index (χ2n) is 3.27. The lowest BCUT2D eigenvalue weighted by molar-refractivity contribution is 0.0677. The Hall–Kier alpha value is -1.39. The summed E-state index contributed by atoms with van der Waals surface area (Å²) in [5, 5.41) is 0. The largest absolute Gasteiger partial charge is 0.483 e. The molecule has 5 heteroatoms. The molecule has 1 rings (SSSR count). The molecule has 1 aliphatic rings. The quantitative estimate of drug-likeness (QED) is 0.654. The van der Waals surface area contributed by atoms with Crippen LogP contribution in [-0.4, -0.2) is 55.8 Å². The Balaban J connectivity index is 2.35. The van der Waals surface area contributed by atoms with Gasteiger partial charge in [0.1, 0.15) is 0 Å². The zero-order valence-electron chi connectivity index (χ0n) is 9.36. The van der Waals surface area contributed by atoms with Gasteiger partial charge in [-0.1, -0.05) is 0 Å². The Labute approximate surface area is 90.2 Å². The molecule has 0 N–H and O–H groups in total. The fraction of sp³-hybridized carbons (Fsp3) is 0.700. The third-order valence-electron chi connectivity index (χ3n) is 2.39. The van der Waals surface area contributed by atoms with Crippen molar-refractivity contribution in [2.24, 2.45) is 0 Å². The Morgan fingerprint density at radius 2 is 1.80 bits per heavy atom. The van der Waals surface area contributed by atoms with Gasteiger partial charge >= 0.3 is 6.09 Å². The summed E-state index contributed by atoms with van der Waals surface area (Å²) < 4.78 is 9.95. The van der Waals surface area contributed by atoms with Gasteiger partial charge in [0.2, 0.25) is 0 Å². The van der Waals surface area contributed by atoms with Crippen molar-refractivity contribution < 1.29 is 14.3 Å². The number of rotatable bonds is 3. The standard InChI is InChI=1S/C10H18N2O3/c1-4-15-10(13)12-7-5-11(6-8-12)9(2)14-3/h2,4-8H2,1,3H3. The average molecular weight is 214 g/mol. The molecule has 0 radical (unpaired) electrons. The molecule has 1 amide bonds. The molecule has 1 saturated heterocycles. The molecular formula is C10H18N2O3. The van der Waals surface area contributed by atoms with Gasteiger partial charge in [-0.15, -0.1) is 0 Å². The predicted octanol–water partition coefficient (Wildman–Crippen LogP) is 0.878. The molecule has 0 aromatic carbocycles. The van der Waals surface area contributed by atoms with Gasteiger partial charge in [-0.3, -0.25) is 0 Å². The lowest BCUT2D eigenvalue weighted by Crippen LogP contribution is -2.48. The number of hydrogen-bond acceptors (Lipinski definition) is 4. The van der Waals surface area contributed by atoms with E-state index in [1.807, 2.05) is 4.90 Å². The number of methoxy groups -OCH3 is 1. The second-order valence-corrected chi connectivity index (χ2v) is 3.27. The zero-order valence-corrected chi connectivity index (χ0v) is 9.36. The van der Waals surface area contributed by atoms with Gasteiger partial charge in [0.15, 0.2) is 5.88 Å². The number of amides is 1. The third kappa shape index (κ3) is 3.04. The second kappa shape index (κ2) is 5.48. The van der Waals surface area contributed by atoms with Gasteiger partial charge in [-0.25, -0.2) is 4.79 Å². The summed E-state index contributed by atoms with van der Waals surface area (Å²) in [6.07, 6.45) is -0.236. The third-order valence-corrected chi connectivity index (χ3v) is 2.39. The van der Waals surface area contributed by atoms with E-state index in [4.69, 9.17) is 9.47 Å². The van der Waals surface area contributed by atoms with Crippen LogP contribution in [-0.2, 0) is 9.47 Å².